The van der Waals surface area contributed by atoms with Gasteiger partial charge in [-0.2, -0.15) is 9.40 Å². The van der Waals surface area contributed by atoms with Gasteiger partial charge in [0.25, 0.3) is 11.5 Å². The molecule has 0 aliphatic rings. The number of anilines is 1. The Morgan fingerprint density at radius 2 is 1.86 bits per heavy atom. The highest BCUT2D eigenvalue weighted by atomic mass is 32.2. The zero-order chi connectivity index (χ0) is 21.6. The summed E-state index contributed by atoms with van der Waals surface area (Å²) in [6, 6.07) is 6.87. The Balaban J connectivity index is 2.40. The number of benzene rings is 1. The number of hydrogen-bond acceptors (Lipinski definition) is 6. The van der Waals surface area contributed by atoms with Crippen LogP contribution in [0, 0.1) is 0 Å². The minimum absolute atomic E-state index is 0.0390. The van der Waals surface area contributed by atoms with Gasteiger partial charge in [0.15, 0.2) is 0 Å². The second-order valence-electron chi connectivity index (χ2n) is 6.19. The van der Waals surface area contributed by atoms with Gasteiger partial charge in [0, 0.05) is 25.7 Å². The van der Waals surface area contributed by atoms with Crippen molar-refractivity contribution >= 4 is 21.6 Å². The SMILES string of the molecule is CCCn1nc(C(=O)Nc2cc(S(=O)(=O)N(CC)CC)ccc2OC)ccc1=O. The number of aryl methyl sites for hydroxylation is 1. The number of hydrogen-bond donors (Lipinski definition) is 1. The van der Waals surface area contributed by atoms with Crippen molar-refractivity contribution in [2.24, 2.45) is 0 Å². The maximum Gasteiger partial charge on any atom is 0.276 e. The van der Waals surface area contributed by atoms with E-state index >= 15 is 0 Å². The Morgan fingerprint density at radius 3 is 2.45 bits per heavy atom. The maximum atomic E-state index is 12.8. The van der Waals surface area contributed by atoms with E-state index in [1.807, 2.05) is 6.92 Å². The lowest BCUT2D eigenvalue weighted by Gasteiger charge is -2.19. The molecule has 0 saturated heterocycles. The van der Waals surface area contributed by atoms with Gasteiger partial charge in [-0.15, -0.1) is 0 Å². The van der Waals surface area contributed by atoms with E-state index in [0.29, 0.717) is 31.8 Å². The van der Waals surface area contributed by atoms with Gasteiger partial charge >= 0.3 is 0 Å². The molecule has 1 N–H and O–H groups in total. The second-order valence-corrected chi connectivity index (χ2v) is 8.12. The van der Waals surface area contributed by atoms with Crippen LogP contribution in [0.3, 0.4) is 0 Å². The number of rotatable bonds is 9. The quantitative estimate of drug-likeness (QED) is 0.661. The van der Waals surface area contributed by atoms with Crippen LogP contribution in [-0.2, 0) is 16.6 Å². The summed E-state index contributed by atoms with van der Waals surface area (Å²) in [6.45, 7) is 6.45. The molecular weight excluding hydrogens is 396 g/mol. The molecule has 9 nitrogen and oxygen atoms in total. The van der Waals surface area contributed by atoms with Gasteiger partial charge in [-0.05, 0) is 30.7 Å². The van der Waals surface area contributed by atoms with Crippen molar-refractivity contribution in [3.05, 3.63) is 46.4 Å². The van der Waals surface area contributed by atoms with Crippen molar-refractivity contribution in [2.75, 3.05) is 25.5 Å². The molecule has 2 aromatic rings. The number of nitrogens with zero attached hydrogens (tertiary/aromatic N) is 3. The van der Waals surface area contributed by atoms with Gasteiger partial charge in [0.1, 0.15) is 11.4 Å². The third-order valence-electron chi connectivity index (χ3n) is 4.30. The molecule has 0 radical (unpaired) electrons. The largest absolute Gasteiger partial charge is 0.495 e. The van der Waals surface area contributed by atoms with E-state index in [9.17, 15) is 18.0 Å². The molecule has 0 aliphatic carbocycles. The summed E-state index contributed by atoms with van der Waals surface area (Å²) in [6.07, 6.45) is 0.692. The average Bonchev–Trinajstić information content (AvgIpc) is 2.70. The lowest BCUT2D eigenvalue weighted by molar-refractivity contribution is 0.101. The Hall–Kier alpha value is -2.72. The molecule has 2 rings (SSSR count). The van der Waals surface area contributed by atoms with Crippen LogP contribution >= 0.6 is 0 Å². The zero-order valence-electron chi connectivity index (χ0n) is 17.0. The van der Waals surface area contributed by atoms with Crippen molar-refractivity contribution in [2.45, 2.75) is 38.6 Å². The highest BCUT2D eigenvalue weighted by Gasteiger charge is 2.23. The van der Waals surface area contributed by atoms with E-state index in [1.165, 1.54) is 46.4 Å². The lowest BCUT2D eigenvalue weighted by atomic mass is 10.2. The molecule has 0 unspecified atom stereocenters. The summed E-state index contributed by atoms with van der Waals surface area (Å²) in [5.74, 6) is -0.274. The van der Waals surface area contributed by atoms with Crippen molar-refractivity contribution < 1.29 is 17.9 Å². The molecule has 1 amide bonds. The average molecular weight is 423 g/mol. The first-order valence-corrected chi connectivity index (χ1v) is 10.8. The maximum absolute atomic E-state index is 12.8. The van der Waals surface area contributed by atoms with E-state index in [2.05, 4.69) is 10.4 Å². The van der Waals surface area contributed by atoms with Crippen LogP contribution in [0.15, 0.2) is 40.0 Å². The number of methoxy groups -OCH3 is 1. The Morgan fingerprint density at radius 1 is 1.17 bits per heavy atom. The van der Waals surface area contributed by atoms with Crippen molar-refractivity contribution in [1.29, 1.82) is 0 Å². The highest BCUT2D eigenvalue weighted by Crippen LogP contribution is 2.29. The number of amides is 1. The molecule has 29 heavy (non-hydrogen) atoms. The third kappa shape index (κ3) is 5.01. The molecule has 0 atom stereocenters. The minimum atomic E-state index is -3.70. The monoisotopic (exact) mass is 422 g/mol. The zero-order valence-corrected chi connectivity index (χ0v) is 17.8. The van der Waals surface area contributed by atoms with E-state index in [1.54, 1.807) is 13.8 Å². The Bertz CT molecular complexity index is 1030. The van der Waals surface area contributed by atoms with Crippen LogP contribution in [0.2, 0.25) is 0 Å². The molecule has 1 aromatic heterocycles. The summed E-state index contributed by atoms with van der Waals surface area (Å²) >= 11 is 0. The number of ether oxygens (including phenoxy) is 1. The summed E-state index contributed by atoms with van der Waals surface area (Å²) in [4.78, 5) is 24.5. The summed E-state index contributed by atoms with van der Waals surface area (Å²) in [5.41, 5.74) is -0.0637. The fourth-order valence-electron chi connectivity index (χ4n) is 2.79. The van der Waals surface area contributed by atoms with Gasteiger partial charge < -0.3 is 10.1 Å². The highest BCUT2D eigenvalue weighted by molar-refractivity contribution is 7.89. The van der Waals surface area contributed by atoms with E-state index < -0.39 is 15.9 Å². The first-order valence-electron chi connectivity index (χ1n) is 9.36. The van der Waals surface area contributed by atoms with E-state index in [4.69, 9.17) is 4.74 Å². The molecule has 0 bridgehead atoms. The van der Waals surface area contributed by atoms with E-state index in [0.717, 1.165) is 0 Å². The third-order valence-corrected chi connectivity index (χ3v) is 6.34. The van der Waals surface area contributed by atoms with Gasteiger partial charge in [-0.25, -0.2) is 13.1 Å². The van der Waals surface area contributed by atoms with Crippen LogP contribution in [0.4, 0.5) is 5.69 Å². The summed E-state index contributed by atoms with van der Waals surface area (Å²) in [7, 11) is -2.28. The summed E-state index contributed by atoms with van der Waals surface area (Å²) < 4.78 is 33.3. The van der Waals surface area contributed by atoms with Crippen LogP contribution in [-0.4, -0.2) is 48.6 Å². The molecular formula is C19H26N4O5S. The van der Waals surface area contributed by atoms with Gasteiger partial charge in [-0.3, -0.25) is 9.59 Å². The van der Waals surface area contributed by atoms with Crippen LogP contribution < -0.4 is 15.6 Å². The summed E-state index contributed by atoms with van der Waals surface area (Å²) in [5, 5.41) is 6.69. The number of carbonyl (C=O) groups is 1. The van der Waals surface area contributed by atoms with E-state index in [-0.39, 0.29) is 21.8 Å². The normalized spacial score (nSPS) is 11.5. The molecule has 158 valence electrons. The van der Waals surface area contributed by atoms with Crippen LogP contribution in [0.25, 0.3) is 0 Å². The number of sulfonamides is 1. The lowest BCUT2D eigenvalue weighted by Crippen LogP contribution is -2.30. The standard InChI is InChI=1S/C19H26N4O5S/c1-5-12-23-18(24)11-9-15(21-23)19(25)20-16-13-14(8-10-17(16)28-4)29(26,27)22(6-2)7-3/h8-11,13H,5-7,12H2,1-4H3,(H,20,25). The topological polar surface area (TPSA) is 111 Å². The van der Waals surface area contributed by atoms with Crippen LogP contribution in [0.1, 0.15) is 37.7 Å². The number of carbonyl (C=O) groups excluding carboxylic acids is 1. The first kappa shape index (κ1) is 22.6. The Labute approximate surface area is 170 Å². The fourth-order valence-corrected chi connectivity index (χ4v) is 4.27. The number of aromatic nitrogens is 2. The van der Waals surface area contributed by atoms with Gasteiger partial charge in [-0.1, -0.05) is 20.8 Å². The van der Waals surface area contributed by atoms with Crippen molar-refractivity contribution in [3.63, 3.8) is 0 Å². The first-order chi connectivity index (χ1) is 13.8. The molecule has 0 fully saturated rings. The molecule has 1 heterocycles. The molecule has 0 aliphatic heterocycles. The van der Waals surface area contributed by atoms with Crippen molar-refractivity contribution in [3.8, 4) is 5.75 Å². The number of nitrogens with one attached hydrogen (secondary N) is 1. The second kappa shape index (κ2) is 9.66. The predicted octanol–water partition coefficient (Wildman–Crippen LogP) is 1.94. The smallest absolute Gasteiger partial charge is 0.276 e. The molecule has 0 spiro atoms. The fraction of sp³-hybridized carbons (Fsp3) is 0.421. The molecule has 0 saturated carbocycles. The van der Waals surface area contributed by atoms with Gasteiger partial charge in [0.2, 0.25) is 10.0 Å². The van der Waals surface area contributed by atoms with Crippen molar-refractivity contribution in [1.82, 2.24) is 14.1 Å². The Kier molecular flexibility index (Phi) is 7.52. The van der Waals surface area contributed by atoms with Gasteiger partial charge in [0.05, 0.1) is 17.7 Å². The predicted molar refractivity (Wildman–Crippen MR) is 110 cm³/mol. The molecule has 10 heteroatoms. The van der Waals surface area contributed by atoms with Crippen LogP contribution in [0.5, 0.6) is 5.75 Å². The minimum Gasteiger partial charge on any atom is -0.495 e. The molecule has 1 aromatic carbocycles.